The molecule has 0 radical (unpaired) electrons. The summed E-state index contributed by atoms with van der Waals surface area (Å²) in [6.07, 6.45) is 0. The van der Waals surface area contributed by atoms with Gasteiger partial charge in [-0.3, -0.25) is 0 Å². The van der Waals surface area contributed by atoms with Gasteiger partial charge in [-0.2, -0.15) is 0 Å². The predicted octanol–water partition coefficient (Wildman–Crippen LogP) is 3.10. The Hall–Kier alpha value is -1.61. The van der Waals surface area contributed by atoms with Crippen LogP contribution in [0.3, 0.4) is 0 Å². The second-order valence-electron chi connectivity index (χ2n) is 6.09. The molecule has 0 amide bonds. The van der Waals surface area contributed by atoms with Crippen molar-refractivity contribution in [3.8, 4) is 0 Å². The minimum Gasteiger partial charge on any atom is -0.444 e. The molecule has 0 aliphatic heterocycles. The number of nitrogens with one attached hydrogen (secondary N) is 2. The van der Waals surface area contributed by atoms with Gasteiger partial charge in [-0.05, 0) is 33.4 Å². The lowest BCUT2D eigenvalue weighted by molar-refractivity contribution is 0.331. The van der Waals surface area contributed by atoms with E-state index in [0.717, 1.165) is 43.6 Å². The maximum atomic E-state index is 5.57. The molecule has 0 atom stereocenters. The maximum absolute atomic E-state index is 5.57. The van der Waals surface area contributed by atoms with E-state index >= 15 is 0 Å². The number of guanidine groups is 1. The van der Waals surface area contributed by atoms with Gasteiger partial charge in [0, 0.05) is 26.2 Å². The summed E-state index contributed by atoms with van der Waals surface area (Å²) >= 11 is 0. The third-order valence-electron chi connectivity index (χ3n) is 3.87. The number of oxazole rings is 1. The molecule has 0 saturated heterocycles. The number of nitrogens with zero attached hydrogens (tertiary/aromatic N) is 3. The Bertz CT molecular complexity index is 652. The molecule has 0 aliphatic carbocycles. The summed E-state index contributed by atoms with van der Waals surface area (Å²) in [5.74, 6) is 2.28. The van der Waals surface area contributed by atoms with Crippen LogP contribution < -0.4 is 10.6 Å². The summed E-state index contributed by atoms with van der Waals surface area (Å²) < 4.78 is 5.57. The van der Waals surface area contributed by atoms with Crippen LogP contribution in [0.15, 0.2) is 39.7 Å². The number of halogens is 1. The fraction of sp³-hybridized carbons (Fsp3) is 0.474. The van der Waals surface area contributed by atoms with Gasteiger partial charge in [-0.25, -0.2) is 9.98 Å². The maximum Gasteiger partial charge on any atom is 0.216 e. The van der Waals surface area contributed by atoms with Gasteiger partial charge in [-0.1, -0.05) is 30.3 Å². The van der Waals surface area contributed by atoms with E-state index in [4.69, 9.17) is 4.42 Å². The fourth-order valence-corrected chi connectivity index (χ4v) is 2.43. The number of rotatable bonds is 8. The standard InChI is InChI=1S/C19H29N5O.HI/c1-5-20-19(22-13-18-23-15(2)16(3)25-18)21-11-12-24(4)14-17-9-7-6-8-10-17;/h6-10H,5,11-14H2,1-4H3,(H2,20,21,22);1H. The zero-order chi connectivity index (χ0) is 18.1. The Morgan fingerprint density at radius 3 is 2.54 bits per heavy atom. The molecule has 2 N–H and O–H groups in total. The van der Waals surface area contributed by atoms with Gasteiger partial charge in [0.05, 0.1) is 5.69 Å². The van der Waals surface area contributed by atoms with E-state index in [-0.39, 0.29) is 24.0 Å². The van der Waals surface area contributed by atoms with Gasteiger partial charge < -0.3 is 20.0 Å². The molecule has 1 heterocycles. The SMILES string of the molecule is CCNC(=NCc1nc(C)c(C)o1)NCCN(C)Cc1ccccc1.I. The van der Waals surface area contributed by atoms with Crippen LogP contribution in [0, 0.1) is 13.8 Å². The van der Waals surface area contributed by atoms with Crippen molar-refractivity contribution in [3.63, 3.8) is 0 Å². The van der Waals surface area contributed by atoms with Crippen molar-refractivity contribution in [1.82, 2.24) is 20.5 Å². The first-order chi connectivity index (χ1) is 12.1. The number of aryl methyl sites for hydroxylation is 2. The van der Waals surface area contributed by atoms with Gasteiger partial charge in [-0.15, -0.1) is 24.0 Å². The smallest absolute Gasteiger partial charge is 0.216 e. The van der Waals surface area contributed by atoms with Crippen molar-refractivity contribution in [1.29, 1.82) is 0 Å². The lowest BCUT2D eigenvalue weighted by Gasteiger charge is -2.18. The molecule has 1 aromatic heterocycles. The number of benzene rings is 1. The Balaban J connectivity index is 0.00000338. The molecule has 0 saturated carbocycles. The molecule has 1 aromatic carbocycles. The van der Waals surface area contributed by atoms with E-state index in [0.29, 0.717) is 12.4 Å². The predicted molar refractivity (Wildman–Crippen MR) is 117 cm³/mol. The number of aromatic nitrogens is 1. The topological polar surface area (TPSA) is 65.7 Å². The van der Waals surface area contributed by atoms with Crippen molar-refractivity contribution in [2.75, 3.05) is 26.7 Å². The van der Waals surface area contributed by atoms with E-state index < -0.39 is 0 Å². The number of likely N-dealkylation sites (N-methyl/N-ethyl adjacent to an activating group) is 1. The zero-order valence-corrected chi connectivity index (χ0v) is 18.4. The van der Waals surface area contributed by atoms with Crippen molar-refractivity contribution >= 4 is 29.9 Å². The third kappa shape index (κ3) is 7.74. The van der Waals surface area contributed by atoms with E-state index in [2.05, 4.69) is 63.7 Å². The van der Waals surface area contributed by atoms with Crippen molar-refractivity contribution in [2.45, 2.75) is 33.9 Å². The van der Waals surface area contributed by atoms with Crippen LogP contribution in [0.5, 0.6) is 0 Å². The number of hydrogen-bond donors (Lipinski definition) is 2. The van der Waals surface area contributed by atoms with Crippen molar-refractivity contribution < 1.29 is 4.42 Å². The van der Waals surface area contributed by atoms with E-state index in [1.54, 1.807) is 0 Å². The van der Waals surface area contributed by atoms with E-state index in [1.807, 2.05) is 19.9 Å². The molecule has 0 unspecified atom stereocenters. The van der Waals surface area contributed by atoms with Gasteiger partial charge in [0.1, 0.15) is 12.3 Å². The molecular weight excluding hydrogens is 441 g/mol. The summed E-state index contributed by atoms with van der Waals surface area (Å²) in [6.45, 7) is 9.84. The normalized spacial score (nSPS) is 11.3. The highest BCUT2D eigenvalue weighted by Gasteiger charge is 2.06. The fourth-order valence-electron chi connectivity index (χ4n) is 2.43. The molecule has 0 spiro atoms. The summed E-state index contributed by atoms with van der Waals surface area (Å²) in [4.78, 5) is 11.2. The Labute approximate surface area is 173 Å². The summed E-state index contributed by atoms with van der Waals surface area (Å²) in [5.41, 5.74) is 2.24. The highest BCUT2D eigenvalue weighted by molar-refractivity contribution is 14.0. The molecule has 6 nitrogen and oxygen atoms in total. The minimum atomic E-state index is 0. The Morgan fingerprint density at radius 1 is 1.19 bits per heavy atom. The molecule has 2 aromatic rings. The molecule has 0 fully saturated rings. The molecule has 26 heavy (non-hydrogen) atoms. The Morgan fingerprint density at radius 2 is 1.92 bits per heavy atom. The number of hydrogen-bond acceptors (Lipinski definition) is 4. The Kier molecular flexibility index (Phi) is 10.3. The van der Waals surface area contributed by atoms with Crippen LogP contribution in [-0.4, -0.2) is 42.5 Å². The lowest BCUT2D eigenvalue weighted by Crippen LogP contribution is -2.40. The van der Waals surface area contributed by atoms with Crippen molar-refractivity contribution in [2.24, 2.45) is 4.99 Å². The van der Waals surface area contributed by atoms with Crippen LogP contribution in [0.25, 0.3) is 0 Å². The molecule has 0 aliphatic rings. The van der Waals surface area contributed by atoms with Crippen LogP contribution in [0.4, 0.5) is 0 Å². The highest BCUT2D eigenvalue weighted by atomic mass is 127. The second kappa shape index (κ2) is 11.9. The number of aliphatic imine (C=N–C) groups is 1. The summed E-state index contributed by atoms with van der Waals surface area (Å²) in [6, 6.07) is 10.5. The van der Waals surface area contributed by atoms with Crippen LogP contribution in [-0.2, 0) is 13.1 Å². The molecule has 2 rings (SSSR count). The average Bonchev–Trinajstić information content (AvgIpc) is 2.91. The molecule has 144 valence electrons. The minimum absolute atomic E-state index is 0. The summed E-state index contributed by atoms with van der Waals surface area (Å²) in [5, 5.41) is 6.61. The van der Waals surface area contributed by atoms with Gasteiger partial charge in [0.25, 0.3) is 0 Å². The van der Waals surface area contributed by atoms with Crippen molar-refractivity contribution in [3.05, 3.63) is 53.2 Å². The highest BCUT2D eigenvalue weighted by Crippen LogP contribution is 2.08. The zero-order valence-electron chi connectivity index (χ0n) is 16.1. The molecular formula is C19H30IN5O. The monoisotopic (exact) mass is 471 g/mol. The lowest BCUT2D eigenvalue weighted by atomic mass is 10.2. The van der Waals surface area contributed by atoms with Gasteiger partial charge in [0.2, 0.25) is 5.89 Å². The molecule has 0 bridgehead atoms. The summed E-state index contributed by atoms with van der Waals surface area (Å²) in [7, 11) is 2.12. The van der Waals surface area contributed by atoms with Gasteiger partial charge >= 0.3 is 0 Å². The largest absolute Gasteiger partial charge is 0.444 e. The van der Waals surface area contributed by atoms with Crippen LogP contribution >= 0.6 is 24.0 Å². The first kappa shape index (κ1) is 22.4. The molecule has 7 heteroatoms. The quantitative estimate of drug-likeness (QED) is 0.352. The van der Waals surface area contributed by atoms with Gasteiger partial charge in [0.15, 0.2) is 5.96 Å². The second-order valence-corrected chi connectivity index (χ2v) is 6.09. The third-order valence-corrected chi connectivity index (χ3v) is 3.87. The van der Waals surface area contributed by atoms with Crippen LogP contribution in [0.1, 0.15) is 29.8 Å². The van der Waals surface area contributed by atoms with E-state index in [1.165, 1.54) is 5.56 Å². The average molecular weight is 471 g/mol. The van der Waals surface area contributed by atoms with Crippen LogP contribution in [0.2, 0.25) is 0 Å². The first-order valence-electron chi connectivity index (χ1n) is 8.76. The van der Waals surface area contributed by atoms with E-state index in [9.17, 15) is 0 Å². The first-order valence-corrected chi connectivity index (χ1v) is 8.76.